The van der Waals surface area contributed by atoms with Gasteiger partial charge in [-0.25, -0.2) is 8.78 Å². The van der Waals surface area contributed by atoms with Crippen LogP contribution in [0.4, 0.5) is 8.78 Å². The van der Waals surface area contributed by atoms with Gasteiger partial charge < -0.3 is 5.32 Å². The van der Waals surface area contributed by atoms with Gasteiger partial charge in [0, 0.05) is 17.7 Å². The molecule has 0 aliphatic heterocycles. The first-order valence-corrected chi connectivity index (χ1v) is 5.37. The maximum Gasteiger partial charge on any atom is 0.130 e. The zero-order chi connectivity index (χ0) is 12.1. The molecule has 1 rings (SSSR count). The molecule has 0 amide bonds. The van der Waals surface area contributed by atoms with Crippen LogP contribution < -0.4 is 5.32 Å². The average molecular weight is 225 g/mol. The van der Waals surface area contributed by atoms with Gasteiger partial charge in [-0.2, -0.15) is 0 Å². The molecule has 0 heterocycles. The van der Waals surface area contributed by atoms with E-state index >= 15 is 0 Å². The molecular weight excluding hydrogens is 208 g/mol. The molecule has 0 aliphatic rings. The van der Waals surface area contributed by atoms with Crippen molar-refractivity contribution in [3.63, 3.8) is 0 Å². The highest BCUT2D eigenvalue weighted by Crippen LogP contribution is 2.24. The van der Waals surface area contributed by atoms with E-state index in [0.717, 1.165) is 18.1 Å². The van der Waals surface area contributed by atoms with Crippen LogP contribution in [0.15, 0.2) is 30.4 Å². The van der Waals surface area contributed by atoms with Gasteiger partial charge in [0.05, 0.1) is 0 Å². The van der Waals surface area contributed by atoms with Crippen LogP contribution in [0.5, 0.6) is 0 Å². The Morgan fingerprint density at radius 1 is 1.44 bits per heavy atom. The second-order valence-electron chi connectivity index (χ2n) is 3.81. The number of rotatable bonds is 5. The van der Waals surface area contributed by atoms with Crippen molar-refractivity contribution in [2.75, 3.05) is 7.05 Å². The van der Waals surface area contributed by atoms with Gasteiger partial charge in [0.15, 0.2) is 0 Å². The average Bonchev–Trinajstić information content (AvgIpc) is 2.26. The topological polar surface area (TPSA) is 12.0 Å². The summed E-state index contributed by atoms with van der Waals surface area (Å²) in [6.45, 7) is 5.91. The lowest BCUT2D eigenvalue weighted by molar-refractivity contribution is 0.518. The Balaban J connectivity index is 2.90. The van der Waals surface area contributed by atoms with Crippen molar-refractivity contribution in [1.82, 2.24) is 5.32 Å². The van der Waals surface area contributed by atoms with E-state index in [9.17, 15) is 8.78 Å². The van der Waals surface area contributed by atoms with Crippen molar-refractivity contribution in [2.24, 2.45) is 0 Å². The van der Waals surface area contributed by atoms with Crippen LogP contribution in [-0.2, 0) is 0 Å². The number of hydrogen-bond acceptors (Lipinski definition) is 1. The fourth-order valence-electron chi connectivity index (χ4n) is 1.58. The van der Waals surface area contributed by atoms with Gasteiger partial charge in [-0.3, -0.25) is 0 Å². The Hall–Kier alpha value is -1.22. The second kappa shape index (κ2) is 5.75. The molecule has 88 valence electrons. The standard InChI is InChI=1S/C13H17F2N/c1-4-9(2)7-13(16-3)11-6-5-10(14)8-12(11)15/h5-6,8,13,16H,2,4,7H2,1,3H3. The zero-order valence-corrected chi connectivity index (χ0v) is 9.69. The minimum Gasteiger partial charge on any atom is -0.313 e. The molecule has 0 fully saturated rings. The summed E-state index contributed by atoms with van der Waals surface area (Å²) in [4.78, 5) is 0. The van der Waals surface area contributed by atoms with Crippen molar-refractivity contribution in [3.8, 4) is 0 Å². The molecule has 16 heavy (non-hydrogen) atoms. The molecule has 1 atom stereocenters. The molecule has 0 spiro atoms. The predicted molar refractivity (Wildman–Crippen MR) is 62.2 cm³/mol. The van der Waals surface area contributed by atoms with Crippen molar-refractivity contribution >= 4 is 0 Å². The molecule has 1 aromatic rings. The summed E-state index contributed by atoms with van der Waals surface area (Å²) >= 11 is 0. The van der Waals surface area contributed by atoms with Crippen LogP contribution >= 0.6 is 0 Å². The van der Waals surface area contributed by atoms with Crippen LogP contribution in [0.3, 0.4) is 0 Å². The molecule has 0 bridgehead atoms. The van der Waals surface area contributed by atoms with Gasteiger partial charge in [-0.15, -0.1) is 0 Å². The first kappa shape index (κ1) is 12.8. The number of halogens is 2. The van der Waals surface area contributed by atoms with E-state index in [1.165, 1.54) is 12.1 Å². The molecule has 1 unspecified atom stereocenters. The highest BCUT2D eigenvalue weighted by Gasteiger charge is 2.14. The fraction of sp³-hybridized carbons (Fsp3) is 0.385. The Kier molecular flexibility index (Phi) is 4.62. The summed E-state index contributed by atoms with van der Waals surface area (Å²) in [7, 11) is 1.76. The highest BCUT2D eigenvalue weighted by atomic mass is 19.1. The molecule has 1 aromatic carbocycles. The molecule has 0 saturated heterocycles. The van der Waals surface area contributed by atoms with Crippen molar-refractivity contribution in [2.45, 2.75) is 25.8 Å². The first-order valence-electron chi connectivity index (χ1n) is 5.37. The number of benzene rings is 1. The molecule has 0 saturated carbocycles. The van der Waals surface area contributed by atoms with Gasteiger partial charge in [-0.05, 0) is 26.0 Å². The van der Waals surface area contributed by atoms with Crippen molar-refractivity contribution < 1.29 is 8.78 Å². The van der Waals surface area contributed by atoms with Gasteiger partial charge in [0.1, 0.15) is 11.6 Å². The lowest BCUT2D eigenvalue weighted by atomic mass is 9.98. The fourth-order valence-corrected chi connectivity index (χ4v) is 1.58. The molecule has 1 nitrogen and oxygen atoms in total. The second-order valence-corrected chi connectivity index (χ2v) is 3.81. The molecule has 0 radical (unpaired) electrons. The Bertz CT molecular complexity index is 374. The molecule has 0 aromatic heterocycles. The smallest absolute Gasteiger partial charge is 0.130 e. The van der Waals surface area contributed by atoms with Crippen molar-refractivity contribution in [3.05, 3.63) is 47.5 Å². The third kappa shape index (κ3) is 3.14. The van der Waals surface area contributed by atoms with E-state index in [0.29, 0.717) is 12.0 Å². The van der Waals surface area contributed by atoms with E-state index in [1.54, 1.807) is 7.05 Å². The summed E-state index contributed by atoms with van der Waals surface area (Å²) in [6.07, 6.45) is 1.52. The highest BCUT2D eigenvalue weighted by molar-refractivity contribution is 5.23. The first-order chi connectivity index (χ1) is 7.58. The maximum absolute atomic E-state index is 13.5. The lowest BCUT2D eigenvalue weighted by Gasteiger charge is -2.18. The quantitative estimate of drug-likeness (QED) is 0.755. The summed E-state index contributed by atoms with van der Waals surface area (Å²) < 4.78 is 26.3. The Morgan fingerprint density at radius 3 is 2.62 bits per heavy atom. The van der Waals surface area contributed by atoms with Crippen LogP contribution in [0.2, 0.25) is 0 Å². The summed E-state index contributed by atoms with van der Waals surface area (Å²) in [5, 5.41) is 3.02. The number of hydrogen-bond donors (Lipinski definition) is 1. The SMILES string of the molecule is C=C(CC)CC(NC)c1ccc(F)cc1F. The summed E-state index contributed by atoms with van der Waals surface area (Å²) in [5.74, 6) is -1.06. The third-order valence-corrected chi connectivity index (χ3v) is 2.68. The summed E-state index contributed by atoms with van der Waals surface area (Å²) in [5.41, 5.74) is 1.53. The van der Waals surface area contributed by atoms with E-state index in [4.69, 9.17) is 0 Å². The molecular formula is C13H17F2N. The Morgan fingerprint density at radius 2 is 2.12 bits per heavy atom. The van der Waals surface area contributed by atoms with E-state index in [-0.39, 0.29) is 6.04 Å². The van der Waals surface area contributed by atoms with Gasteiger partial charge in [0.25, 0.3) is 0 Å². The minimum atomic E-state index is -0.551. The van der Waals surface area contributed by atoms with E-state index in [2.05, 4.69) is 11.9 Å². The van der Waals surface area contributed by atoms with Gasteiger partial charge in [0.2, 0.25) is 0 Å². The van der Waals surface area contributed by atoms with Gasteiger partial charge >= 0.3 is 0 Å². The monoisotopic (exact) mass is 225 g/mol. The predicted octanol–water partition coefficient (Wildman–Crippen LogP) is 3.58. The minimum absolute atomic E-state index is 0.145. The van der Waals surface area contributed by atoms with Crippen LogP contribution in [-0.4, -0.2) is 7.05 Å². The molecule has 1 N–H and O–H groups in total. The van der Waals surface area contributed by atoms with E-state index in [1.807, 2.05) is 6.92 Å². The van der Waals surface area contributed by atoms with E-state index < -0.39 is 11.6 Å². The van der Waals surface area contributed by atoms with Crippen LogP contribution in [0.1, 0.15) is 31.4 Å². The molecule has 0 aliphatic carbocycles. The largest absolute Gasteiger partial charge is 0.313 e. The third-order valence-electron chi connectivity index (χ3n) is 2.68. The van der Waals surface area contributed by atoms with Crippen LogP contribution in [0.25, 0.3) is 0 Å². The van der Waals surface area contributed by atoms with Gasteiger partial charge in [-0.1, -0.05) is 25.1 Å². The number of nitrogens with one attached hydrogen (secondary N) is 1. The van der Waals surface area contributed by atoms with Crippen LogP contribution in [0, 0.1) is 11.6 Å². The normalized spacial score (nSPS) is 12.5. The molecule has 3 heteroatoms. The maximum atomic E-state index is 13.5. The van der Waals surface area contributed by atoms with Crippen molar-refractivity contribution in [1.29, 1.82) is 0 Å². The lowest BCUT2D eigenvalue weighted by Crippen LogP contribution is -2.18. The zero-order valence-electron chi connectivity index (χ0n) is 9.69. The Labute approximate surface area is 95.2 Å². The summed E-state index contributed by atoms with van der Waals surface area (Å²) in [6, 6.07) is 3.52.